The molecule has 2 N–H and O–H groups in total. The molecule has 1 heterocycles. The third kappa shape index (κ3) is 2.39. The van der Waals surface area contributed by atoms with Crippen LogP contribution in [0.3, 0.4) is 0 Å². The van der Waals surface area contributed by atoms with E-state index in [-0.39, 0.29) is 21.0 Å². The first-order valence-corrected chi connectivity index (χ1v) is 5.81. The second-order valence-electron chi connectivity index (χ2n) is 3.67. The van der Waals surface area contributed by atoms with Gasteiger partial charge in [-0.15, -0.1) is 11.3 Å². The molecule has 1 aromatic heterocycles. The van der Waals surface area contributed by atoms with Crippen molar-refractivity contribution in [2.24, 2.45) is 0 Å². The summed E-state index contributed by atoms with van der Waals surface area (Å²) < 4.78 is 51.6. The molecule has 7 heteroatoms. The zero-order chi connectivity index (χ0) is 14.2. The van der Waals surface area contributed by atoms with Crippen LogP contribution in [0.15, 0.2) is 24.3 Å². The number of anilines is 1. The first-order valence-electron chi connectivity index (χ1n) is 5.00. The maximum absolute atomic E-state index is 13.9. The van der Waals surface area contributed by atoms with Crippen LogP contribution < -0.4 is 5.73 Å². The molecule has 19 heavy (non-hydrogen) atoms. The van der Waals surface area contributed by atoms with Gasteiger partial charge in [0, 0.05) is 10.4 Å². The fraction of sp³-hybridized carbons (Fsp3) is 0.0833. The van der Waals surface area contributed by atoms with Crippen LogP contribution in [0.1, 0.15) is 10.4 Å². The van der Waals surface area contributed by atoms with Gasteiger partial charge in [-0.25, -0.2) is 4.39 Å². The minimum Gasteiger partial charge on any atom is -0.397 e. The zero-order valence-corrected chi connectivity index (χ0v) is 10.1. The van der Waals surface area contributed by atoms with Gasteiger partial charge >= 0.3 is 6.18 Å². The molecular weight excluding hydrogens is 280 g/mol. The number of thiophene rings is 1. The topological polar surface area (TPSA) is 49.8 Å². The molecule has 0 saturated carbocycles. The summed E-state index contributed by atoms with van der Waals surface area (Å²) in [6.07, 6.45) is -4.76. The standard InChI is InChI=1S/C12H6F4N2S/c13-11-6(2-1-3-7(11)12(14,15)16)9-4-8(18)10(5-17)19-9/h1-4H,18H2. The Morgan fingerprint density at radius 3 is 2.47 bits per heavy atom. The van der Waals surface area contributed by atoms with Crippen molar-refractivity contribution in [1.82, 2.24) is 0 Å². The highest BCUT2D eigenvalue weighted by atomic mass is 32.1. The molecule has 0 radical (unpaired) electrons. The van der Waals surface area contributed by atoms with Crippen molar-refractivity contribution in [3.05, 3.63) is 40.5 Å². The molecule has 1 aromatic carbocycles. The van der Waals surface area contributed by atoms with Crippen molar-refractivity contribution in [1.29, 1.82) is 5.26 Å². The van der Waals surface area contributed by atoms with Crippen molar-refractivity contribution >= 4 is 17.0 Å². The number of nitrogen functional groups attached to an aromatic ring is 1. The third-order valence-electron chi connectivity index (χ3n) is 2.43. The Labute approximate surface area is 109 Å². The molecule has 0 atom stereocenters. The van der Waals surface area contributed by atoms with E-state index in [4.69, 9.17) is 11.0 Å². The van der Waals surface area contributed by atoms with Crippen LogP contribution in [0, 0.1) is 17.1 Å². The second kappa shape index (κ2) is 4.55. The van der Waals surface area contributed by atoms with E-state index in [0.717, 1.165) is 17.4 Å². The van der Waals surface area contributed by atoms with E-state index in [9.17, 15) is 17.6 Å². The van der Waals surface area contributed by atoms with Crippen LogP contribution in [0.5, 0.6) is 0 Å². The number of halogens is 4. The van der Waals surface area contributed by atoms with Gasteiger partial charge in [0.15, 0.2) is 0 Å². The number of alkyl halides is 3. The summed E-state index contributed by atoms with van der Waals surface area (Å²) in [4.78, 5) is 0.337. The summed E-state index contributed by atoms with van der Waals surface area (Å²) in [5.41, 5.74) is 4.08. The van der Waals surface area contributed by atoms with E-state index in [1.54, 1.807) is 6.07 Å². The van der Waals surface area contributed by atoms with E-state index in [0.29, 0.717) is 6.07 Å². The largest absolute Gasteiger partial charge is 0.419 e. The van der Waals surface area contributed by atoms with Gasteiger partial charge in [0.2, 0.25) is 0 Å². The van der Waals surface area contributed by atoms with E-state index in [1.165, 1.54) is 12.1 Å². The molecule has 2 aromatic rings. The lowest BCUT2D eigenvalue weighted by atomic mass is 10.1. The highest BCUT2D eigenvalue weighted by Crippen LogP contribution is 2.39. The summed E-state index contributed by atoms with van der Waals surface area (Å²) in [7, 11) is 0. The summed E-state index contributed by atoms with van der Waals surface area (Å²) >= 11 is 0.853. The molecule has 2 rings (SSSR count). The Balaban J connectivity index is 2.61. The number of rotatable bonds is 1. The summed E-state index contributed by atoms with van der Waals surface area (Å²) in [6, 6.07) is 6.09. The summed E-state index contributed by atoms with van der Waals surface area (Å²) in [5.74, 6) is -1.36. The van der Waals surface area contributed by atoms with Gasteiger partial charge in [0.05, 0.1) is 11.3 Å². The lowest BCUT2D eigenvalue weighted by molar-refractivity contribution is -0.139. The molecule has 0 bridgehead atoms. The first kappa shape index (κ1) is 13.4. The van der Waals surface area contributed by atoms with Crippen molar-refractivity contribution in [3.8, 4) is 16.5 Å². The smallest absolute Gasteiger partial charge is 0.397 e. The average molecular weight is 286 g/mol. The Morgan fingerprint density at radius 2 is 1.95 bits per heavy atom. The number of nitrogens with two attached hydrogens (primary N) is 1. The summed E-state index contributed by atoms with van der Waals surface area (Å²) in [6.45, 7) is 0. The predicted molar refractivity (Wildman–Crippen MR) is 63.8 cm³/mol. The highest BCUT2D eigenvalue weighted by Gasteiger charge is 2.35. The van der Waals surface area contributed by atoms with Crippen molar-refractivity contribution in [3.63, 3.8) is 0 Å². The van der Waals surface area contributed by atoms with E-state index < -0.39 is 17.6 Å². The molecule has 0 spiro atoms. The fourth-order valence-corrected chi connectivity index (χ4v) is 2.46. The van der Waals surface area contributed by atoms with Crippen molar-refractivity contribution in [2.45, 2.75) is 6.18 Å². The van der Waals surface area contributed by atoms with Crippen LogP contribution in [-0.2, 0) is 6.18 Å². The monoisotopic (exact) mass is 286 g/mol. The van der Waals surface area contributed by atoms with Gasteiger partial charge in [-0.05, 0) is 12.1 Å². The molecule has 0 unspecified atom stereocenters. The SMILES string of the molecule is N#Cc1sc(-c2cccc(C(F)(F)F)c2F)cc1N. The van der Waals surface area contributed by atoms with Crippen molar-refractivity contribution < 1.29 is 17.6 Å². The second-order valence-corrected chi connectivity index (χ2v) is 4.72. The molecule has 0 saturated heterocycles. The molecule has 0 aliphatic heterocycles. The lowest BCUT2D eigenvalue weighted by Crippen LogP contribution is -2.08. The minimum atomic E-state index is -4.76. The molecule has 0 fully saturated rings. The van der Waals surface area contributed by atoms with E-state index in [1.807, 2.05) is 0 Å². The highest BCUT2D eigenvalue weighted by molar-refractivity contribution is 7.16. The van der Waals surface area contributed by atoms with Gasteiger partial charge in [0.25, 0.3) is 0 Å². The Hall–Kier alpha value is -2.07. The normalized spacial score (nSPS) is 11.3. The quantitative estimate of drug-likeness (QED) is 0.805. The molecule has 0 aliphatic carbocycles. The number of hydrogen-bond donors (Lipinski definition) is 1. The molecule has 2 nitrogen and oxygen atoms in total. The van der Waals surface area contributed by atoms with Crippen LogP contribution >= 0.6 is 11.3 Å². The van der Waals surface area contributed by atoms with Gasteiger partial charge < -0.3 is 5.73 Å². The number of nitriles is 1. The Kier molecular flexibility index (Phi) is 3.20. The maximum atomic E-state index is 13.9. The fourth-order valence-electron chi connectivity index (χ4n) is 1.57. The third-order valence-corrected chi connectivity index (χ3v) is 3.52. The van der Waals surface area contributed by atoms with Crippen LogP contribution in [-0.4, -0.2) is 0 Å². The van der Waals surface area contributed by atoms with Gasteiger partial charge in [-0.3, -0.25) is 0 Å². The molecule has 0 amide bonds. The zero-order valence-electron chi connectivity index (χ0n) is 9.25. The number of hydrogen-bond acceptors (Lipinski definition) is 3. The van der Waals surface area contributed by atoms with E-state index in [2.05, 4.69) is 0 Å². The molecule has 98 valence electrons. The number of benzene rings is 1. The minimum absolute atomic E-state index is 0.124. The van der Waals surface area contributed by atoms with Crippen LogP contribution in [0.4, 0.5) is 23.2 Å². The number of nitrogens with zero attached hydrogens (tertiary/aromatic N) is 1. The van der Waals surface area contributed by atoms with Gasteiger partial charge in [0.1, 0.15) is 16.8 Å². The van der Waals surface area contributed by atoms with Crippen LogP contribution in [0.2, 0.25) is 0 Å². The van der Waals surface area contributed by atoms with Gasteiger partial charge in [-0.1, -0.05) is 12.1 Å². The first-order chi connectivity index (χ1) is 8.84. The molecule has 0 aliphatic rings. The van der Waals surface area contributed by atoms with Crippen molar-refractivity contribution in [2.75, 3.05) is 5.73 Å². The Bertz CT molecular complexity index is 667. The predicted octanol–water partition coefficient (Wildman–Crippen LogP) is 4.03. The Morgan fingerprint density at radius 1 is 1.26 bits per heavy atom. The lowest BCUT2D eigenvalue weighted by Gasteiger charge is -2.10. The summed E-state index contributed by atoms with van der Waals surface area (Å²) in [5, 5.41) is 8.74. The average Bonchev–Trinajstić information content (AvgIpc) is 2.69. The maximum Gasteiger partial charge on any atom is 0.419 e. The molecular formula is C12H6F4N2S. The van der Waals surface area contributed by atoms with E-state index >= 15 is 0 Å². The van der Waals surface area contributed by atoms with Gasteiger partial charge in [-0.2, -0.15) is 18.4 Å². The van der Waals surface area contributed by atoms with Crippen LogP contribution in [0.25, 0.3) is 10.4 Å².